The Morgan fingerprint density at radius 1 is 1.13 bits per heavy atom. The first kappa shape index (κ1) is 15.9. The summed E-state index contributed by atoms with van der Waals surface area (Å²) in [7, 11) is 0. The number of halogens is 2. The van der Waals surface area contributed by atoms with Crippen LogP contribution in [0.3, 0.4) is 0 Å². The van der Waals surface area contributed by atoms with Crippen LogP contribution < -0.4 is 5.32 Å². The van der Waals surface area contributed by atoms with Crippen molar-refractivity contribution in [2.75, 3.05) is 5.32 Å². The molecule has 5 heteroatoms. The third kappa shape index (κ3) is 2.82. The minimum atomic E-state index is -0.347. The molecule has 0 radical (unpaired) electrons. The minimum absolute atomic E-state index is 0.282. The average molecular weight is 348 g/mol. The van der Waals surface area contributed by atoms with Gasteiger partial charge in [0.15, 0.2) is 5.76 Å². The lowest BCUT2D eigenvalue weighted by Crippen LogP contribution is -2.12. The van der Waals surface area contributed by atoms with E-state index in [-0.39, 0.29) is 11.7 Å². The molecule has 1 heterocycles. The number of fused-ring (bicyclic) bond motifs is 1. The van der Waals surface area contributed by atoms with Crippen molar-refractivity contribution in [1.82, 2.24) is 0 Å². The maximum absolute atomic E-state index is 12.6. The van der Waals surface area contributed by atoms with Gasteiger partial charge in [0.05, 0.1) is 15.7 Å². The molecule has 1 amide bonds. The number of carbonyl (C=O) groups is 1. The van der Waals surface area contributed by atoms with Crippen LogP contribution in [0.5, 0.6) is 0 Å². The van der Waals surface area contributed by atoms with Crippen LogP contribution in [0.15, 0.2) is 34.7 Å². The van der Waals surface area contributed by atoms with Gasteiger partial charge in [-0.3, -0.25) is 4.79 Å². The topological polar surface area (TPSA) is 42.2 Å². The molecule has 0 atom stereocenters. The number of hydrogen-bond acceptors (Lipinski definition) is 2. The van der Waals surface area contributed by atoms with E-state index in [9.17, 15) is 4.79 Å². The number of aryl methyl sites for hydroxylation is 3. The third-order valence-corrected chi connectivity index (χ3v) is 4.60. The highest BCUT2D eigenvalue weighted by atomic mass is 35.5. The van der Waals surface area contributed by atoms with Gasteiger partial charge < -0.3 is 9.73 Å². The molecule has 1 aromatic heterocycles. The first-order chi connectivity index (χ1) is 10.9. The number of furan rings is 1. The van der Waals surface area contributed by atoms with Crippen LogP contribution in [0.25, 0.3) is 11.0 Å². The van der Waals surface area contributed by atoms with Crippen molar-refractivity contribution in [2.45, 2.75) is 20.8 Å². The maximum Gasteiger partial charge on any atom is 0.291 e. The molecule has 3 nitrogen and oxygen atoms in total. The van der Waals surface area contributed by atoms with Gasteiger partial charge in [-0.2, -0.15) is 0 Å². The number of benzene rings is 2. The molecule has 0 aliphatic carbocycles. The van der Waals surface area contributed by atoms with Crippen molar-refractivity contribution >= 4 is 45.8 Å². The molecule has 0 aliphatic rings. The van der Waals surface area contributed by atoms with E-state index in [4.69, 9.17) is 27.6 Å². The first-order valence-corrected chi connectivity index (χ1v) is 7.89. The Hall–Kier alpha value is -1.97. The van der Waals surface area contributed by atoms with Crippen LogP contribution in [-0.4, -0.2) is 5.91 Å². The molecule has 0 fully saturated rings. The second kappa shape index (κ2) is 5.91. The number of amides is 1. The van der Waals surface area contributed by atoms with Crippen molar-refractivity contribution in [3.05, 3.63) is 62.8 Å². The third-order valence-electron chi connectivity index (χ3n) is 3.78. The number of nitrogens with one attached hydrogen (secondary N) is 1. The molecule has 3 aromatic rings. The molecule has 3 rings (SSSR count). The standard InChI is InChI=1S/C18H15Cl2NO2/c1-9-7-10(2)15-11(3)17(23-14(15)8-9)18(22)21-13-6-4-5-12(19)16(13)20/h4-8H,1-3H3,(H,21,22). The Morgan fingerprint density at radius 3 is 2.61 bits per heavy atom. The van der Waals surface area contributed by atoms with Gasteiger partial charge in [-0.25, -0.2) is 0 Å². The summed E-state index contributed by atoms with van der Waals surface area (Å²) in [5, 5.41) is 4.42. The molecule has 0 spiro atoms. The van der Waals surface area contributed by atoms with E-state index in [0.717, 1.165) is 22.1 Å². The molecular formula is C18H15Cl2NO2. The maximum atomic E-state index is 12.6. The first-order valence-electron chi connectivity index (χ1n) is 7.14. The lowest BCUT2D eigenvalue weighted by atomic mass is 10.0. The quantitative estimate of drug-likeness (QED) is 0.625. The molecule has 23 heavy (non-hydrogen) atoms. The van der Waals surface area contributed by atoms with Gasteiger partial charge in [-0.05, 0) is 50.1 Å². The zero-order valence-corrected chi connectivity index (χ0v) is 14.5. The summed E-state index contributed by atoms with van der Waals surface area (Å²) >= 11 is 12.1. The van der Waals surface area contributed by atoms with E-state index in [1.165, 1.54) is 0 Å². The molecular weight excluding hydrogens is 333 g/mol. The summed E-state index contributed by atoms with van der Waals surface area (Å²) in [5.74, 6) is -0.0651. The van der Waals surface area contributed by atoms with E-state index < -0.39 is 0 Å². The van der Waals surface area contributed by atoms with Gasteiger partial charge in [0.2, 0.25) is 0 Å². The van der Waals surface area contributed by atoms with E-state index in [1.54, 1.807) is 18.2 Å². The van der Waals surface area contributed by atoms with Crippen LogP contribution in [0.2, 0.25) is 10.0 Å². The van der Waals surface area contributed by atoms with Crippen LogP contribution in [0, 0.1) is 20.8 Å². The Labute approximate surface area is 144 Å². The van der Waals surface area contributed by atoms with Crippen LogP contribution in [-0.2, 0) is 0 Å². The molecule has 0 unspecified atom stereocenters. The van der Waals surface area contributed by atoms with Gasteiger partial charge in [0, 0.05) is 10.9 Å². The van der Waals surface area contributed by atoms with E-state index in [1.807, 2.05) is 26.8 Å². The van der Waals surface area contributed by atoms with E-state index >= 15 is 0 Å². The van der Waals surface area contributed by atoms with Crippen molar-refractivity contribution in [1.29, 1.82) is 0 Å². The Kier molecular flexibility index (Phi) is 4.09. The van der Waals surface area contributed by atoms with Gasteiger partial charge in [-0.1, -0.05) is 35.3 Å². The molecule has 0 saturated carbocycles. The predicted octanol–water partition coefficient (Wildman–Crippen LogP) is 5.92. The van der Waals surface area contributed by atoms with Crippen LogP contribution in [0.1, 0.15) is 27.2 Å². The largest absolute Gasteiger partial charge is 0.451 e. The van der Waals surface area contributed by atoms with Crippen LogP contribution in [0.4, 0.5) is 5.69 Å². The Balaban J connectivity index is 2.03. The minimum Gasteiger partial charge on any atom is -0.451 e. The molecule has 2 aromatic carbocycles. The number of hydrogen-bond donors (Lipinski definition) is 1. The number of anilines is 1. The summed E-state index contributed by atoms with van der Waals surface area (Å²) in [6.07, 6.45) is 0. The van der Waals surface area contributed by atoms with Gasteiger partial charge in [-0.15, -0.1) is 0 Å². The molecule has 0 bridgehead atoms. The fraction of sp³-hybridized carbons (Fsp3) is 0.167. The monoisotopic (exact) mass is 347 g/mol. The fourth-order valence-corrected chi connectivity index (χ4v) is 3.13. The van der Waals surface area contributed by atoms with E-state index in [2.05, 4.69) is 11.4 Å². The Bertz CT molecular complexity index is 928. The lowest BCUT2D eigenvalue weighted by Gasteiger charge is -2.07. The average Bonchev–Trinajstić information content (AvgIpc) is 2.81. The molecule has 1 N–H and O–H groups in total. The highest BCUT2D eigenvalue weighted by Crippen LogP contribution is 2.32. The second-order valence-electron chi connectivity index (χ2n) is 5.57. The normalized spacial score (nSPS) is 11.0. The summed E-state index contributed by atoms with van der Waals surface area (Å²) in [4.78, 5) is 12.6. The van der Waals surface area contributed by atoms with E-state index in [0.29, 0.717) is 21.3 Å². The summed E-state index contributed by atoms with van der Waals surface area (Å²) < 4.78 is 5.78. The van der Waals surface area contributed by atoms with Gasteiger partial charge in [0.1, 0.15) is 5.58 Å². The molecule has 0 saturated heterocycles. The Morgan fingerprint density at radius 2 is 1.87 bits per heavy atom. The zero-order chi connectivity index (χ0) is 16.7. The highest BCUT2D eigenvalue weighted by molar-refractivity contribution is 6.44. The fourth-order valence-electron chi connectivity index (χ4n) is 2.79. The van der Waals surface area contributed by atoms with Crippen molar-refractivity contribution in [3.8, 4) is 0 Å². The predicted molar refractivity (Wildman–Crippen MR) is 94.8 cm³/mol. The highest BCUT2D eigenvalue weighted by Gasteiger charge is 2.20. The van der Waals surface area contributed by atoms with Crippen molar-refractivity contribution < 1.29 is 9.21 Å². The summed E-state index contributed by atoms with van der Waals surface area (Å²) in [6, 6.07) is 9.08. The molecule has 118 valence electrons. The SMILES string of the molecule is Cc1cc(C)c2c(C)c(C(=O)Nc3cccc(Cl)c3Cl)oc2c1. The van der Waals surface area contributed by atoms with Crippen LogP contribution >= 0.6 is 23.2 Å². The molecule has 0 aliphatic heterocycles. The zero-order valence-electron chi connectivity index (χ0n) is 13.0. The number of carbonyl (C=O) groups excluding carboxylic acids is 1. The van der Waals surface area contributed by atoms with Crippen molar-refractivity contribution in [3.63, 3.8) is 0 Å². The number of rotatable bonds is 2. The van der Waals surface area contributed by atoms with Gasteiger partial charge in [0.25, 0.3) is 5.91 Å². The lowest BCUT2D eigenvalue weighted by molar-refractivity contribution is 0.0998. The van der Waals surface area contributed by atoms with Crippen molar-refractivity contribution in [2.24, 2.45) is 0 Å². The summed E-state index contributed by atoms with van der Waals surface area (Å²) in [5.41, 5.74) is 4.15. The smallest absolute Gasteiger partial charge is 0.291 e. The van der Waals surface area contributed by atoms with Gasteiger partial charge >= 0.3 is 0 Å². The second-order valence-corrected chi connectivity index (χ2v) is 6.35. The summed E-state index contributed by atoms with van der Waals surface area (Å²) in [6.45, 7) is 5.88.